The van der Waals surface area contributed by atoms with Crippen LogP contribution < -0.4 is 16.4 Å². The van der Waals surface area contributed by atoms with E-state index in [1.54, 1.807) is 6.07 Å². The van der Waals surface area contributed by atoms with E-state index in [2.05, 4.69) is 35.7 Å². The molecule has 0 radical (unpaired) electrons. The normalized spacial score (nSPS) is 24.5. The Hall–Kier alpha value is -1.82. The molecule has 19 heavy (non-hydrogen) atoms. The van der Waals surface area contributed by atoms with Crippen LogP contribution in [0.1, 0.15) is 24.2 Å². The minimum Gasteiger partial charge on any atom is -0.397 e. The number of rotatable bonds is 2. The lowest BCUT2D eigenvalue weighted by molar-refractivity contribution is 0.100. The maximum Gasteiger partial charge on any atom is 0.250 e. The first-order valence-electron chi connectivity index (χ1n) is 6.42. The Balaban J connectivity index is 2.27. The predicted octanol–water partition coefficient (Wildman–Crippen LogP) is 0.292. The van der Waals surface area contributed by atoms with E-state index >= 15 is 0 Å². The number of pyridine rings is 1. The zero-order valence-corrected chi connectivity index (χ0v) is 11.6. The highest BCUT2D eigenvalue weighted by molar-refractivity contribution is 5.98. The van der Waals surface area contributed by atoms with E-state index in [4.69, 9.17) is 11.5 Å². The molecule has 1 amide bonds. The molecular formula is C13H21N5O. The number of primary amides is 1. The Kier molecular flexibility index (Phi) is 3.61. The SMILES string of the molecule is CC1CN(c2cc(C(N)=O)c(N)cn2)CC(C)N1C. The van der Waals surface area contributed by atoms with E-state index in [0.29, 0.717) is 23.3 Å². The molecule has 6 heteroatoms. The van der Waals surface area contributed by atoms with Crippen LogP contribution in [0.4, 0.5) is 11.5 Å². The first-order chi connectivity index (χ1) is 8.90. The molecule has 2 rings (SSSR count). The number of anilines is 2. The number of nitrogen functional groups attached to an aromatic ring is 1. The number of carbonyl (C=O) groups excluding carboxylic acids is 1. The highest BCUT2D eigenvalue weighted by Gasteiger charge is 2.27. The monoisotopic (exact) mass is 263 g/mol. The van der Waals surface area contributed by atoms with Gasteiger partial charge >= 0.3 is 0 Å². The molecule has 6 nitrogen and oxygen atoms in total. The van der Waals surface area contributed by atoms with Crippen molar-refractivity contribution >= 4 is 17.4 Å². The van der Waals surface area contributed by atoms with Crippen LogP contribution in [-0.2, 0) is 0 Å². The zero-order valence-electron chi connectivity index (χ0n) is 11.6. The van der Waals surface area contributed by atoms with E-state index in [0.717, 1.165) is 18.9 Å². The molecule has 2 heterocycles. The first-order valence-corrected chi connectivity index (χ1v) is 6.42. The van der Waals surface area contributed by atoms with E-state index in [-0.39, 0.29) is 0 Å². The second kappa shape index (κ2) is 5.05. The van der Waals surface area contributed by atoms with Crippen molar-refractivity contribution < 1.29 is 4.79 Å². The summed E-state index contributed by atoms with van der Waals surface area (Å²) in [6.45, 7) is 6.09. The maximum atomic E-state index is 11.3. The number of carbonyl (C=O) groups is 1. The van der Waals surface area contributed by atoms with Crippen LogP contribution in [0.3, 0.4) is 0 Å². The Labute approximate surface area is 113 Å². The molecular weight excluding hydrogens is 242 g/mol. The molecule has 0 bridgehead atoms. The summed E-state index contributed by atoms with van der Waals surface area (Å²) >= 11 is 0. The minimum absolute atomic E-state index is 0.325. The summed E-state index contributed by atoms with van der Waals surface area (Å²) in [5, 5.41) is 0. The fourth-order valence-corrected chi connectivity index (χ4v) is 2.43. The van der Waals surface area contributed by atoms with Crippen molar-refractivity contribution in [2.75, 3.05) is 30.8 Å². The topological polar surface area (TPSA) is 88.5 Å². The van der Waals surface area contributed by atoms with E-state index in [1.165, 1.54) is 6.20 Å². The molecule has 1 aliphatic rings. The Morgan fingerprint density at radius 2 is 1.95 bits per heavy atom. The third-order valence-corrected chi connectivity index (χ3v) is 3.87. The van der Waals surface area contributed by atoms with Crippen LogP contribution in [-0.4, -0.2) is 48.0 Å². The fourth-order valence-electron chi connectivity index (χ4n) is 2.43. The average molecular weight is 263 g/mol. The van der Waals surface area contributed by atoms with Crippen LogP contribution in [0.5, 0.6) is 0 Å². The fraction of sp³-hybridized carbons (Fsp3) is 0.538. The van der Waals surface area contributed by atoms with E-state index in [1.807, 2.05) is 0 Å². The number of amides is 1. The average Bonchev–Trinajstić information content (AvgIpc) is 2.35. The van der Waals surface area contributed by atoms with Gasteiger partial charge in [-0.1, -0.05) is 0 Å². The van der Waals surface area contributed by atoms with Crippen molar-refractivity contribution in [1.29, 1.82) is 0 Å². The van der Waals surface area contributed by atoms with Crippen molar-refractivity contribution in [2.24, 2.45) is 5.73 Å². The van der Waals surface area contributed by atoms with Crippen LogP contribution in [0.2, 0.25) is 0 Å². The maximum absolute atomic E-state index is 11.3. The number of likely N-dealkylation sites (N-methyl/N-ethyl adjacent to an activating group) is 1. The molecule has 4 N–H and O–H groups in total. The molecule has 2 atom stereocenters. The van der Waals surface area contributed by atoms with Gasteiger partial charge in [0.2, 0.25) is 0 Å². The Morgan fingerprint density at radius 3 is 2.47 bits per heavy atom. The molecule has 0 aliphatic carbocycles. The van der Waals surface area contributed by atoms with Gasteiger partial charge in [-0.2, -0.15) is 0 Å². The van der Waals surface area contributed by atoms with Gasteiger partial charge in [-0.05, 0) is 27.0 Å². The minimum atomic E-state index is -0.517. The molecule has 2 unspecified atom stereocenters. The van der Waals surface area contributed by atoms with Gasteiger partial charge in [-0.15, -0.1) is 0 Å². The summed E-state index contributed by atoms with van der Waals surface area (Å²) in [5.41, 5.74) is 11.7. The molecule has 1 aromatic rings. The standard InChI is InChI=1S/C13H21N5O/c1-8-6-18(7-9(2)17(8)3)12-4-10(13(15)19)11(14)5-16-12/h4-5,8-9H,6-7,14H2,1-3H3,(H2,15,19). The van der Waals surface area contributed by atoms with Gasteiger partial charge in [0.1, 0.15) is 5.82 Å². The number of nitrogens with two attached hydrogens (primary N) is 2. The summed E-state index contributed by atoms with van der Waals surface area (Å²) in [4.78, 5) is 20.1. The largest absolute Gasteiger partial charge is 0.397 e. The summed E-state index contributed by atoms with van der Waals surface area (Å²) in [6, 6.07) is 2.54. The highest BCUT2D eigenvalue weighted by atomic mass is 16.1. The van der Waals surface area contributed by atoms with Crippen molar-refractivity contribution in [3.63, 3.8) is 0 Å². The highest BCUT2D eigenvalue weighted by Crippen LogP contribution is 2.22. The number of nitrogens with zero attached hydrogens (tertiary/aromatic N) is 3. The summed E-state index contributed by atoms with van der Waals surface area (Å²) in [6.07, 6.45) is 1.50. The first kappa shape index (κ1) is 13.6. The van der Waals surface area contributed by atoms with Gasteiger partial charge in [0.15, 0.2) is 0 Å². The molecule has 0 spiro atoms. The van der Waals surface area contributed by atoms with Crippen molar-refractivity contribution in [2.45, 2.75) is 25.9 Å². The number of piperazine rings is 1. The summed E-state index contributed by atoms with van der Waals surface area (Å²) < 4.78 is 0. The summed E-state index contributed by atoms with van der Waals surface area (Å²) in [7, 11) is 2.12. The van der Waals surface area contributed by atoms with Gasteiger partial charge in [-0.3, -0.25) is 9.69 Å². The summed E-state index contributed by atoms with van der Waals surface area (Å²) in [5.74, 6) is 0.242. The lowest BCUT2D eigenvalue weighted by atomic mass is 10.1. The quantitative estimate of drug-likeness (QED) is 0.800. The van der Waals surface area contributed by atoms with Gasteiger partial charge in [0.25, 0.3) is 5.91 Å². The molecule has 0 aromatic carbocycles. The van der Waals surface area contributed by atoms with Gasteiger partial charge in [0, 0.05) is 25.2 Å². The number of aromatic nitrogens is 1. The van der Waals surface area contributed by atoms with Gasteiger partial charge in [0.05, 0.1) is 17.4 Å². The van der Waals surface area contributed by atoms with Crippen molar-refractivity contribution in [3.05, 3.63) is 17.8 Å². The second-order valence-corrected chi connectivity index (χ2v) is 5.26. The van der Waals surface area contributed by atoms with Crippen LogP contribution in [0.25, 0.3) is 0 Å². The molecule has 104 valence electrons. The lowest BCUT2D eigenvalue weighted by Gasteiger charge is -2.43. The molecule has 1 fully saturated rings. The van der Waals surface area contributed by atoms with Crippen LogP contribution >= 0.6 is 0 Å². The smallest absolute Gasteiger partial charge is 0.250 e. The lowest BCUT2D eigenvalue weighted by Crippen LogP contribution is -2.55. The third-order valence-electron chi connectivity index (χ3n) is 3.87. The molecule has 1 aliphatic heterocycles. The van der Waals surface area contributed by atoms with Crippen molar-refractivity contribution in [1.82, 2.24) is 9.88 Å². The van der Waals surface area contributed by atoms with Gasteiger partial charge in [-0.25, -0.2) is 4.98 Å². The molecule has 1 saturated heterocycles. The number of hydrogen-bond acceptors (Lipinski definition) is 5. The molecule has 1 aromatic heterocycles. The Bertz CT molecular complexity index is 478. The Morgan fingerprint density at radius 1 is 1.37 bits per heavy atom. The zero-order chi connectivity index (χ0) is 14.2. The third kappa shape index (κ3) is 2.63. The van der Waals surface area contributed by atoms with E-state index in [9.17, 15) is 4.79 Å². The predicted molar refractivity (Wildman–Crippen MR) is 76.1 cm³/mol. The number of hydrogen-bond donors (Lipinski definition) is 2. The van der Waals surface area contributed by atoms with Crippen molar-refractivity contribution in [3.8, 4) is 0 Å². The van der Waals surface area contributed by atoms with E-state index < -0.39 is 5.91 Å². The van der Waals surface area contributed by atoms with Gasteiger partial charge < -0.3 is 16.4 Å². The van der Waals surface area contributed by atoms with Crippen LogP contribution in [0.15, 0.2) is 12.3 Å². The van der Waals surface area contributed by atoms with Crippen LogP contribution in [0, 0.1) is 0 Å². The molecule has 0 saturated carbocycles. The second-order valence-electron chi connectivity index (χ2n) is 5.26.